The van der Waals surface area contributed by atoms with Crippen LogP contribution in [0.5, 0.6) is 0 Å². The standard InChI is InChI=1S/C8H14O6/c9-5(2-1-3-7(11)12)6(10)4-8(13)14/h5-6,9-10H,1-4H2,(H,11,12)(H,13,14). The Morgan fingerprint density at radius 2 is 1.57 bits per heavy atom. The van der Waals surface area contributed by atoms with E-state index in [-0.39, 0.29) is 19.3 Å². The van der Waals surface area contributed by atoms with E-state index < -0.39 is 30.6 Å². The molecule has 0 fully saturated rings. The molecule has 0 aromatic carbocycles. The van der Waals surface area contributed by atoms with Gasteiger partial charge < -0.3 is 20.4 Å². The number of carboxylic acids is 2. The maximum Gasteiger partial charge on any atom is 0.306 e. The molecule has 0 spiro atoms. The zero-order valence-corrected chi connectivity index (χ0v) is 7.59. The molecule has 0 heterocycles. The third-order valence-corrected chi connectivity index (χ3v) is 1.72. The summed E-state index contributed by atoms with van der Waals surface area (Å²) in [6.45, 7) is 0. The van der Waals surface area contributed by atoms with Crippen LogP contribution in [0.2, 0.25) is 0 Å². The Hall–Kier alpha value is -1.14. The zero-order valence-electron chi connectivity index (χ0n) is 7.59. The minimum Gasteiger partial charge on any atom is -0.481 e. The van der Waals surface area contributed by atoms with E-state index in [9.17, 15) is 14.7 Å². The Kier molecular flexibility index (Phi) is 5.82. The highest BCUT2D eigenvalue weighted by atomic mass is 16.4. The highest BCUT2D eigenvalue weighted by molar-refractivity contribution is 5.67. The number of carbonyl (C=O) groups is 2. The number of aliphatic hydroxyl groups excluding tert-OH is 2. The molecule has 82 valence electrons. The topological polar surface area (TPSA) is 115 Å². The largest absolute Gasteiger partial charge is 0.481 e. The number of carboxylic acid groups (broad SMARTS) is 2. The summed E-state index contributed by atoms with van der Waals surface area (Å²) in [4.78, 5) is 20.2. The van der Waals surface area contributed by atoms with Gasteiger partial charge in [-0.3, -0.25) is 9.59 Å². The van der Waals surface area contributed by atoms with Gasteiger partial charge >= 0.3 is 11.9 Å². The second kappa shape index (κ2) is 6.33. The summed E-state index contributed by atoms with van der Waals surface area (Å²) < 4.78 is 0. The van der Waals surface area contributed by atoms with E-state index in [4.69, 9.17) is 15.3 Å². The molecule has 0 rings (SSSR count). The van der Waals surface area contributed by atoms with Crippen LogP contribution in [0.4, 0.5) is 0 Å². The molecule has 2 atom stereocenters. The molecule has 0 saturated carbocycles. The third-order valence-electron chi connectivity index (χ3n) is 1.72. The fourth-order valence-electron chi connectivity index (χ4n) is 0.970. The smallest absolute Gasteiger partial charge is 0.306 e. The van der Waals surface area contributed by atoms with E-state index in [1.807, 2.05) is 0 Å². The lowest BCUT2D eigenvalue weighted by Crippen LogP contribution is -2.28. The lowest BCUT2D eigenvalue weighted by molar-refractivity contribution is -0.142. The minimum absolute atomic E-state index is 0.0841. The van der Waals surface area contributed by atoms with E-state index in [1.165, 1.54) is 0 Å². The highest BCUT2D eigenvalue weighted by Crippen LogP contribution is 2.07. The first kappa shape index (κ1) is 12.9. The number of aliphatic hydroxyl groups is 2. The lowest BCUT2D eigenvalue weighted by Gasteiger charge is -2.15. The Bertz CT molecular complexity index is 202. The maximum absolute atomic E-state index is 10.1. The Morgan fingerprint density at radius 1 is 1.00 bits per heavy atom. The maximum atomic E-state index is 10.1. The van der Waals surface area contributed by atoms with Crippen molar-refractivity contribution < 1.29 is 30.0 Å². The molecule has 6 heteroatoms. The fourth-order valence-corrected chi connectivity index (χ4v) is 0.970. The van der Waals surface area contributed by atoms with Gasteiger partial charge in [0.05, 0.1) is 18.6 Å². The first-order valence-corrected chi connectivity index (χ1v) is 4.23. The van der Waals surface area contributed by atoms with Gasteiger partial charge in [0.25, 0.3) is 0 Å². The van der Waals surface area contributed by atoms with Crippen molar-refractivity contribution in [2.45, 2.75) is 37.9 Å². The fraction of sp³-hybridized carbons (Fsp3) is 0.750. The average molecular weight is 206 g/mol. The van der Waals surface area contributed by atoms with Crippen molar-refractivity contribution in [2.75, 3.05) is 0 Å². The molecule has 14 heavy (non-hydrogen) atoms. The zero-order chi connectivity index (χ0) is 11.1. The first-order chi connectivity index (χ1) is 6.43. The van der Waals surface area contributed by atoms with E-state index in [0.29, 0.717) is 0 Å². The summed E-state index contributed by atoms with van der Waals surface area (Å²) in [5, 5.41) is 34.8. The van der Waals surface area contributed by atoms with Crippen molar-refractivity contribution in [1.82, 2.24) is 0 Å². The van der Waals surface area contributed by atoms with Crippen LogP contribution < -0.4 is 0 Å². The third kappa shape index (κ3) is 6.38. The molecule has 0 saturated heterocycles. The van der Waals surface area contributed by atoms with Crippen LogP contribution in [-0.2, 0) is 9.59 Å². The minimum atomic E-state index is -1.33. The van der Waals surface area contributed by atoms with Crippen LogP contribution in [0, 0.1) is 0 Å². The van der Waals surface area contributed by atoms with Gasteiger partial charge in [-0.2, -0.15) is 0 Å². The van der Waals surface area contributed by atoms with Crippen LogP contribution in [0.1, 0.15) is 25.7 Å². The summed E-state index contributed by atoms with van der Waals surface area (Å²) in [6.07, 6.45) is -2.84. The van der Waals surface area contributed by atoms with Gasteiger partial charge in [0.1, 0.15) is 0 Å². The highest BCUT2D eigenvalue weighted by Gasteiger charge is 2.19. The molecular weight excluding hydrogens is 192 g/mol. The van der Waals surface area contributed by atoms with Gasteiger partial charge in [0.15, 0.2) is 0 Å². The van der Waals surface area contributed by atoms with Crippen LogP contribution in [0.3, 0.4) is 0 Å². The molecule has 6 nitrogen and oxygen atoms in total. The average Bonchev–Trinajstić information content (AvgIpc) is 2.01. The Labute approximate surface area is 80.8 Å². The molecule has 0 bridgehead atoms. The molecule has 0 aromatic heterocycles. The van der Waals surface area contributed by atoms with E-state index in [0.717, 1.165) is 0 Å². The summed E-state index contributed by atoms with van der Waals surface area (Å²) >= 11 is 0. The number of hydrogen-bond acceptors (Lipinski definition) is 4. The van der Waals surface area contributed by atoms with E-state index in [1.54, 1.807) is 0 Å². The van der Waals surface area contributed by atoms with Crippen molar-refractivity contribution in [3.63, 3.8) is 0 Å². The Morgan fingerprint density at radius 3 is 2.00 bits per heavy atom. The summed E-state index contributed by atoms with van der Waals surface area (Å²) in [5.74, 6) is -2.18. The van der Waals surface area contributed by atoms with Crippen LogP contribution in [0.25, 0.3) is 0 Å². The normalized spacial score (nSPS) is 14.7. The number of hydrogen-bond donors (Lipinski definition) is 4. The van der Waals surface area contributed by atoms with Crippen molar-refractivity contribution >= 4 is 11.9 Å². The van der Waals surface area contributed by atoms with E-state index in [2.05, 4.69) is 0 Å². The predicted octanol–water partition coefficient (Wildman–Crippen LogP) is -0.562. The molecule has 0 radical (unpaired) electrons. The van der Waals surface area contributed by atoms with Crippen molar-refractivity contribution in [3.8, 4) is 0 Å². The number of aliphatic carboxylic acids is 2. The van der Waals surface area contributed by atoms with Gasteiger partial charge in [0, 0.05) is 6.42 Å². The van der Waals surface area contributed by atoms with Gasteiger partial charge in [-0.15, -0.1) is 0 Å². The lowest BCUT2D eigenvalue weighted by atomic mass is 10.0. The number of rotatable bonds is 7. The molecule has 4 N–H and O–H groups in total. The predicted molar refractivity (Wildman–Crippen MR) is 45.8 cm³/mol. The van der Waals surface area contributed by atoms with Gasteiger partial charge in [-0.1, -0.05) is 0 Å². The van der Waals surface area contributed by atoms with Crippen molar-refractivity contribution in [3.05, 3.63) is 0 Å². The van der Waals surface area contributed by atoms with Gasteiger partial charge in [0.2, 0.25) is 0 Å². The SMILES string of the molecule is O=C(O)CCCC(O)C(O)CC(=O)O. The van der Waals surface area contributed by atoms with E-state index >= 15 is 0 Å². The van der Waals surface area contributed by atoms with Gasteiger partial charge in [-0.05, 0) is 12.8 Å². The summed E-state index contributed by atoms with van der Waals surface area (Å²) in [7, 11) is 0. The van der Waals surface area contributed by atoms with Crippen LogP contribution >= 0.6 is 0 Å². The molecule has 0 aromatic rings. The first-order valence-electron chi connectivity index (χ1n) is 4.23. The van der Waals surface area contributed by atoms with Gasteiger partial charge in [-0.25, -0.2) is 0 Å². The molecule has 2 unspecified atom stereocenters. The molecule has 0 aliphatic rings. The second-order valence-corrected chi connectivity index (χ2v) is 3.02. The monoisotopic (exact) mass is 206 g/mol. The summed E-state index contributed by atoms with van der Waals surface area (Å²) in [6, 6.07) is 0. The van der Waals surface area contributed by atoms with Crippen molar-refractivity contribution in [1.29, 1.82) is 0 Å². The molecule has 0 aliphatic carbocycles. The molecular formula is C8H14O6. The quantitative estimate of drug-likeness (QED) is 0.443. The Balaban J connectivity index is 3.66. The van der Waals surface area contributed by atoms with Crippen LogP contribution in [-0.4, -0.2) is 44.6 Å². The van der Waals surface area contributed by atoms with Crippen LogP contribution in [0.15, 0.2) is 0 Å². The molecule has 0 aliphatic heterocycles. The summed E-state index contributed by atoms with van der Waals surface area (Å²) in [5.41, 5.74) is 0. The molecule has 0 amide bonds. The second-order valence-electron chi connectivity index (χ2n) is 3.02. The van der Waals surface area contributed by atoms with Crippen molar-refractivity contribution in [2.24, 2.45) is 0 Å².